The van der Waals surface area contributed by atoms with Crippen molar-refractivity contribution in [1.82, 2.24) is 0 Å². The van der Waals surface area contributed by atoms with E-state index < -0.39 is 0 Å². The van der Waals surface area contributed by atoms with Crippen molar-refractivity contribution in [1.29, 1.82) is 0 Å². The van der Waals surface area contributed by atoms with Crippen LogP contribution in [0.3, 0.4) is 0 Å². The molecule has 1 rings (SSSR count). The molecule has 0 amide bonds. The molecule has 0 saturated carbocycles. The molecule has 15 heavy (non-hydrogen) atoms. The predicted octanol–water partition coefficient (Wildman–Crippen LogP) is 4.99. The van der Waals surface area contributed by atoms with Crippen LogP contribution in [0, 0.1) is 6.42 Å². The summed E-state index contributed by atoms with van der Waals surface area (Å²) in [6.45, 7) is 2.27. The maximum absolute atomic E-state index is 2.35. The molecule has 0 nitrogen and oxygen atoms in total. The van der Waals surface area contributed by atoms with Crippen molar-refractivity contribution in [2.75, 3.05) is 0 Å². The molecule has 0 aliphatic carbocycles. The average Bonchev–Trinajstić information content (AvgIpc) is 2.29. The summed E-state index contributed by atoms with van der Waals surface area (Å²) < 4.78 is 0. The van der Waals surface area contributed by atoms with E-state index in [-0.39, 0.29) is 0 Å². The van der Waals surface area contributed by atoms with E-state index in [1.807, 2.05) is 0 Å². The topological polar surface area (TPSA) is 0 Å². The summed E-state index contributed by atoms with van der Waals surface area (Å²) in [6.07, 6.45) is 11.9. The number of rotatable bonds is 8. The molecule has 0 aliphatic rings. The van der Waals surface area contributed by atoms with Crippen molar-refractivity contribution < 1.29 is 0 Å². The summed E-state index contributed by atoms with van der Waals surface area (Å²) in [7, 11) is 0. The summed E-state index contributed by atoms with van der Waals surface area (Å²) in [4.78, 5) is 0. The van der Waals surface area contributed by atoms with Crippen LogP contribution in [0.2, 0.25) is 0 Å². The van der Waals surface area contributed by atoms with E-state index in [1.54, 1.807) is 0 Å². The van der Waals surface area contributed by atoms with Gasteiger partial charge in [-0.2, -0.15) is 0 Å². The highest BCUT2D eigenvalue weighted by atomic mass is 14.0. The molecule has 0 spiro atoms. The zero-order chi connectivity index (χ0) is 10.8. The molecule has 1 aromatic rings. The van der Waals surface area contributed by atoms with Crippen molar-refractivity contribution in [3.8, 4) is 0 Å². The van der Waals surface area contributed by atoms with Gasteiger partial charge in [0.15, 0.2) is 0 Å². The Kier molecular flexibility index (Phi) is 6.98. The van der Waals surface area contributed by atoms with Crippen LogP contribution in [0.25, 0.3) is 0 Å². The number of unbranched alkanes of at least 4 members (excludes halogenated alkanes) is 6. The van der Waals surface area contributed by atoms with Crippen LogP contribution in [-0.4, -0.2) is 0 Å². The van der Waals surface area contributed by atoms with Crippen LogP contribution in [0.4, 0.5) is 0 Å². The van der Waals surface area contributed by atoms with Crippen LogP contribution in [0.5, 0.6) is 0 Å². The Hall–Kier alpha value is -0.780. The smallest absolute Gasteiger partial charge is 0.00931 e. The molecule has 0 bridgehead atoms. The second-order valence-electron chi connectivity index (χ2n) is 4.17. The second-order valence-corrected chi connectivity index (χ2v) is 4.17. The molecule has 0 aromatic heterocycles. The molecule has 0 unspecified atom stereocenters. The summed E-state index contributed by atoms with van der Waals surface area (Å²) >= 11 is 0. The van der Waals surface area contributed by atoms with Crippen molar-refractivity contribution >= 4 is 0 Å². The minimum absolute atomic E-state index is 1.23. The summed E-state index contributed by atoms with van der Waals surface area (Å²) in [5.74, 6) is 0. The van der Waals surface area contributed by atoms with Gasteiger partial charge in [0.1, 0.15) is 0 Å². The molecular formula is C15H23. The van der Waals surface area contributed by atoms with Crippen LogP contribution in [0.1, 0.15) is 57.4 Å². The molecule has 0 saturated heterocycles. The molecule has 0 heterocycles. The minimum Gasteiger partial charge on any atom is -0.0654 e. The third-order valence-electron chi connectivity index (χ3n) is 2.74. The highest BCUT2D eigenvalue weighted by molar-refractivity contribution is 5.21. The van der Waals surface area contributed by atoms with Crippen LogP contribution >= 0.6 is 0 Å². The molecule has 0 N–H and O–H groups in total. The van der Waals surface area contributed by atoms with Crippen molar-refractivity contribution in [3.05, 3.63) is 42.3 Å². The predicted molar refractivity (Wildman–Crippen MR) is 67.8 cm³/mol. The fourth-order valence-corrected chi connectivity index (χ4v) is 1.78. The summed E-state index contributed by atoms with van der Waals surface area (Å²) in [5.41, 5.74) is 1.37. The number of hydrogen-bond donors (Lipinski definition) is 0. The van der Waals surface area contributed by atoms with E-state index >= 15 is 0 Å². The average molecular weight is 203 g/mol. The fourth-order valence-electron chi connectivity index (χ4n) is 1.78. The lowest BCUT2D eigenvalue weighted by Gasteiger charge is -2.01. The van der Waals surface area contributed by atoms with Crippen LogP contribution in [-0.2, 0) is 0 Å². The Labute approximate surface area is 94.7 Å². The van der Waals surface area contributed by atoms with Crippen molar-refractivity contribution in [3.63, 3.8) is 0 Å². The summed E-state index contributed by atoms with van der Waals surface area (Å²) in [5, 5.41) is 0. The van der Waals surface area contributed by atoms with Gasteiger partial charge in [-0.1, -0.05) is 75.8 Å². The molecule has 0 aliphatic heterocycles. The van der Waals surface area contributed by atoms with E-state index in [4.69, 9.17) is 0 Å². The van der Waals surface area contributed by atoms with E-state index in [2.05, 4.69) is 43.7 Å². The Bertz CT molecular complexity index is 225. The Morgan fingerprint density at radius 1 is 0.867 bits per heavy atom. The van der Waals surface area contributed by atoms with Gasteiger partial charge < -0.3 is 0 Å². The van der Waals surface area contributed by atoms with Crippen molar-refractivity contribution in [2.24, 2.45) is 0 Å². The minimum atomic E-state index is 1.23. The van der Waals surface area contributed by atoms with Gasteiger partial charge >= 0.3 is 0 Å². The van der Waals surface area contributed by atoms with Gasteiger partial charge in [-0.3, -0.25) is 0 Å². The normalized spacial score (nSPS) is 10.5. The Balaban J connectivity index is 1.93. The van der Waals surface area contributed by atoms with Gasteiger partial charge in [-0.05, 0) is 18.4 Å². The van der Waals surface area contributed by atoms with Crippen molar-refractivity contribution in [2.45, 2.75) is 51.9 Å². The summed E-state index contributed by atoms with van der Waals surface area (Å²) in [6, 6.07) is 10.6. The van der Waals surface area contributed by atoms with Gasteiger partial charge in [0.25, 0.3) is 0 Å². The standard InChI is InChI=1S/C15H23/c1-2-3-4-5-6-7-9-12-15-13-10-8-11-14-15/h8,10-14H,2-7,9H2,1H3. The van der Waals surface area contributed by atoms with E-state index in [0.29, 0.717) is 0 Å². The number of hydrogen-bond acceptors (Lipinski definition) is 0. The maximum Gasteiger partial charge on any atom is -0.00931 e. The monoisotopic (exact) mass is 203 g/mol. The zero-order valence-electron chi connectivity index (χ0n) is 9.91. The first-order valence-corrected chi connectivity index (χ1v) is 6.31. The van der Waals surface area contributed by atoms with Gasteiger partial charge in [0, 0.05) is 0 Å². The first kappa shape index (κ1) is 12.3. The third-order valence-corrected chi connectivity index (χ3v) is 2.74. The Morgan fingerprint density at radius 2 is 1.53 bits per heavy atom. The molecule has 83 valence electrons. The largest absolute Gasteiger partial charge is 0.0654 e. The van der Waals surface area contributed by atoms with Gasteiger partial charge in [-0.15, -0.1) is 0 Å². The lowest BCUT2D eigenvalue weighted by atomic mass is 10.0. The molecule has 1 radical (unpaired) electrons. The van der Waals surface area contributed by atoms with Crippen LogP contribution < -0.4 is 0 Å². The van der Waals surface area contributed by atoms with E-state index in [9.17, 15) is 0 Å². The van der Waals surface area contributed by atoms with E-state index in [0.717, 1.165) is 0 Å². The SMILES string of the molecule is CCCCCCCC[CH]c1ccccc1. The molecule has 0 fully saturated rings. The highest BCUT2D eigenvalue weighted by Crippen LogP contribution is 2.11. The maximum atomic E-state index is 2.35. The van der Waals surface area contributed by atoms with Gasteiger partial charge in [0.05, 0.1) is 0 Å². The first-order valence-electron chi connectivity index (χ1n) is 6.31. The molecule has 0 atom stereocenters. The Morgan fingerprint density at radius 3 is 2.27 bits per heavy atom. The first-order chi connectivity index (χ1) is 7.43. The molecule has 0 heteroatoms. The van der Waals surface area contributed by atoms with Gasteiger partial charge in [0.2, 0.25) is 0 Å². The van der Waals surface area contributed by atoms with E-state index in [1.165, 1.54) is 50.5 Å². The fraction of sp³-hybridized carbons (Fsp3) is 0.533. The molecular weight excluding hydrogens is 180 g/mol. The van der Waals surface area contributed by atoms with Crippen LogP contribution in [0.15, 0.2) is 30.3 Å². The molecule has 1 aromatic carbocycles. The quantitative estimate of drug-likeness (QED) is 0.522. The van der Waals surface area contributed by atoms with Gasteiger partial charge in [-0.25, -0.2) is 0 Å². The lowest BCUT2D eigenvalue weighted by Crippen LogP contribution is -1.83. The lowest BCUT2D eigenvalue weighted by molar-refractivity contribution is 0.607. The second kappa shape index (κ2) is 8.52. The zero-order valence-corrected chi connectivity index (χ0v) is 9.91. The number of benzene rings is 1. The highest BCUT2D eigenvalue weighted by Gasteiger charge is 1.93. The third kappa shape index (κ3) is 6.33.